The molecule has 0 aliphatic carbocycles. The lowest BCUT2D eigenvalue weighted by atomic mass is 10.1. The van der Waals surface area contributed by atoms with Crippen molar-refractivity contribution in [3.05, 3.63) is 41.5 Å². The summed E-state index contributed by atoms with van der Waals surface area (Å²) in [5, 5.41) is 0. The summed E-state index contributed by atoms with van der Waals surface area (Å²) in [4.78, 5) is 0.123. The molecular formula is C17H19NO5S. The topological polar surface area (TPSA) is 73.9 Å². The summed E-state index contributed by atoms with van der Waals surface area (Å²) in [6.45, 7) is 6.28. The van der Waals surface area contributed by atoms with Gasteiger partial charge in [-0.2, -0.15) is 0 Å². The van der Waals surface area contributed by atoms with E-state index < -0.39 is 10.0 Å². The van der Waals surface area contributed by atoms with E-state index in [0.717, 1.165) is 16.9 Å². The van der Waals surface area contributed by atoms with Crippen molar-refractivity contribution in [3.63, 3.8) is 0 Å². The standard InChI is InChI=1S/C17H19NO5S/c1-4-21-16-8-11(2)14(7-12(16)3)18-24(19,20)13-5-6-15-17(9-13)23-10-22-15/h5-9,18H,4,10H2,1-3H3. The Kier molecular flexibility index (Phi) is 4.28. The van der Waals surface area contributed by atoms with Crippen LogP contribution in [0.4, 0.5) is 5.69 Å². The van der Waals surface area contributed by atoms with Gasteiger partial charge < -0.3 is 14.2 Å². The zero-order valence-electron chi connectivity index (χ0n) is 13.8. The zero-order chi connectivity index (χ0) is 17.3. The molecule has 0 saturated heterocycles. The molecule has 1 heterocycles. The SMILES string of the molecule is CCOc1cc(C)c(NS(=O)(=O)c2ccc3c(c2)OCO3)cc1C. The average Bonchev–Trinajstić information content (AvgIpc) is 2.99. The van der Waals surface area contributed by atoms with Crippen molar-refractivity contribution in [1.29, 1.82) is 0 Å². The van der Waals surface area contributed by atoms with Gasteiger partial charge in [0.25, 0.3) is 10.0 Å². The predicted molar refractivity (Wildman–Crippen MR) is 90.5 cm³/mol. The van der Waals surface area contributed by atoms with Crippen LogP contribution in [0.15, 0.2) is 35.2 Å². The number of sulfonamides is 1. The monoisotopic (exact) mass is 349 g/mol. The first-order valence-electron chi connectivity index (χ1n) is 7.57. The molecule has 3 rings (SSSR count). The van der Waals surface area contributed by atoms with Crippen LogP contribution in [0, 0.1) is 13.8 Å². The van der Waals surface area contributed by atoms with Gasteiger partial charge in [-0.05, 0) is 56.2 Å². The fraction of sp³-hybridized carbons (Fsp3) is 0.294. The molecule has 0 amide bonds. The van der Waals surface area contributed by atoms with Crippen LogP contribution in [0.1, 0.15) is 18.1 Å². The molecule has 1 N–H and O–H groups in total. The highest BCUT2D eigenvalue weighted by Crippen LogP contribution is 2.35. The predicted octanol–water partition coefficient (Wildman–Crippen LogP) is 3.23. The van der Waals surface area contributed by atoms with E-state index in [1.54, 1.807) is 12.1 Å². The van der Waals surface area contributed by atoms with Crippen molar-refractivity contribution in [3.8, 4) is 17.2 Å². The normalized spacial score (nSPS) is 13.0. The van der Waals surface area contributed by atoms with E-state index in [-0.39, 0.29) is 11.7 Å². The van der Waals surface area contributed by atoms with E-state index in [2.05, 4.69) is 4.72 Å². The highest BCUT2D eigenvalue weighted by molar-refractivity contribution is 7.92. The zero-order valence-corrected chi connectivity index (χ0v) is 14.6. The molecule has 2 aromatic rings. The third-order valence-corrected chi connectivity index (χ3v) is 5.08. The Morgan fingerprint density at radius 1 is 1.08 bits per heavy atom. The lowest BCUT2D eigenvalue weighted by molar-refractivity contribution is 0.174. The van der Waals surface area contributed by atoms with E-state index in [1.165, 1.54) is 12.1 Å². The summed E-state index contributed by atoms with van der Waals surface area (Å²) < 4.78 is 43.9. The molecule has 24 heavy (non-hydrogen) atoms. The Balaban J connectivity index is 1.91. The van der Waals surface area contributed by atoms with Crippen molar-refractivity contribution in [1.82, 2.24) is 0 Å². The molecular weight excluding hydrogens is 330 g/mol. The molecule has 0 atom stereocenters. The molecule has 0 aromatic heterocycles. The number of rotatable bonds is 5. The first kappa shape index (κ1) is 16.4. The minimum absolute atomic E-state index is 0.101. The van der Waals surface area contributed by atoms with Gasteiger partial charge in [-0.15, -0.1) is 0 Å². The van der Waals surface area contributed by atoms with Gasteiger partial charge in [-0.3, -0.25) is 4.72 Å². The van der Waals surface area contributed by atoms with Crippen LogP contribution in [-0.2, 0) is 10.0 Å². The molecule has 7 heteroatoms. The molecule has 128 valence electrons. The van der Waals surface area contributed by atoms with E-state index in [1.807, 2.05) is 26.8 Å². The third kappa shape index (κ3) is 3.12. The summed E-state index contributed by atoms with van der Waals surface area (Å²) in [6, 6.07) is 8.14. The van der Waals surface area contributed by atoms with E-state index in [4.69, 9.17) is 14.2 Å². The quantitative estimate of drug-likeness (QED) is 0.897. The van der Waals surface area contributed by atoms with E-state index >= 15 is 0 Å². The van der Waals surface area contributed by atoms with Crippen molar-refractivity contribution < 1.29 is 22.6 Å². The molecule has 0 saturated carbocycles. The lowest BCUT2D eigenvalue weighted by Crippen LogP contribution is -2.14. The van der Waals surface area contributed by atoms with Gasteiger partial charge in [0.05, 0.1) is 17.2 Å². The van der Waals surface area contributed by atoms with Gasteiger partial charge in [-0.25, -0.2) is 8.42 Å². The van der Waals surface area contributed by atoms with E-state index in [0.29, 0.717) is 23.8 Å². The van der Waals surface area contributed by atoms with Crippen LogP contribution in [0.2, 0.25) is 0 Å². The number of anilines is 1. The maximum absolute atomic E-state index is 12.6. The largest absolute Gasteiger partial charge is 0.494 e. The summed E-state index contributed by atoms with van der Waals surface area (Å²) in [5.74, 6) is 1.72. The second-order valence-corrected chi connectivity index (χ2v) is 7.17. The third-order valence-electron chi connectivity index (χ3n) is 3.72. The minimum Gasteiger partial charge on any atom is -0.494 e. The van der Waals surface area contributed by atoms with Crippen molar-refractivity contribution >= 4 is 15.7 Å². The van der Waals surface area contributed by atoms with Crippen molar-refractivity contribution in [2.45, 2.75) is 25.7 Å². The molecule has 1 aliphatic rings. The van der Waals surface area contributed by atoms with Crippen LogP contribution < -0.4 is 18.9 Å². The summed E-state index contributed by atoms with van der Waals surface area (Å²) in [6.07, 6.45) is 0. The summed E-state index contributed by atoms with van der Waals surface area (Å²) in [7, 11) is -3.73. The number of nitrogens with one attached hydrogen (secondary N) is 1. The van der Waals surface area contributed by atoms with Crippen molar-refractivity contribution in [2.75, 3.05) is 18.1 Å². The van der Waals surface area contributed by atoms with Gasteiger partial charge in [-0.1, -0.05) is 0 Å². The summed E-state index contributed by atoms with van der Waals surface area (Å²) >= 11 is 0. The maximum atomic E-state index is 12.6. The smallest absolute Gasteiger partial charge is 0.262 e. The number of hydrogen-bond donors (Lipinski definition) is 1. The molecule has 0 spiro atoms. The fourth-order valence-electron chi connectivity index (χ4n) is 2.46. The number of benzene rings is 2. The first-order chi connectivity index (χ1) is 11.4. The minimum atomic E-state index is -3.73. The number of ether oxygens (including phenoxy) is 3. The molecule has 6 nitrogen and oxygen atoms in total. The highest BCUT2D eigenvalue weighted by atomic mass is 32.2. The Morgan fingerprint density at radius 2 is 1.83 bits per heavy atom. The molecule has 0 radical (unpaired) electrons. The number of aryl methyl sites for hydroxylation is 2. The fourth-order valence-corrected chi connectivity index (χ4v) is 3.60. The van der Waals surface area contributed by atoms with Gasteiger partial charge in [0.1, 0.15) is 5.75 Å². The van der Waals surface area contributed by atoms with E-state index in [9.17, 15) is 8.42 Å². The highest BCUT2D eigenvalue weighted by Gasteiger charge is 2.21. The van der Waals surface area contributed by atoms with Crippen LogP contribution in [0.5, 0.6) is 17.2 Å². The second-order valence-electron chi connectivity index (χ2n) is 5.49. The van der Waals surface area contributed by atoms with Crippen LogP contribution in [0.3, 0.4) is 0 Å². The Morgan fingerprint density at radius 3 is 2.58 bits per heavy atom. The number of fused-ring (bicyclic) bond motifs is 1. The number of hydrogen-bond acceptors (Lipinski definition) is 5. The molecule has 0 unspecified atom stereocenters. The molecule has 1 aliphatic heterocycles. The molecule has 0 bridgehead atoms. The Bertz CT molecular complexity index is 877. The van der Waals surface area contributed by atoms with Crippen LogP contribution in [-0.4, -0.2) is 21.8 Å². The molecule has 2 aromatic carbocycles. The van der Waals surface area contributed by atoms with Gasteiger partial charge in [0, 0.05) is 6.07 Å². The Labute approximate surface area is 141 Å². The lowest BCUT2D eigenvalue weighted by Gasteiger charge is -2.14. The van der Waals surface area contributed by atoms with Crippen LogP contribution in [0.25, 0.3) is 0 Å². The maximum Gasteiger partial charge on any atom is 0.262 e. The average molecular weight is 349 g/mol. The van der Waals surface area contributed by atoms with Crippen molar-refractivity contribution in [2.24, 2.45) is 0 Å². The first-order valence-corrected chi connectivity index (χ1v) is 9.05. The summed E-state index contributed by atoms with van der Waals surface area (Å²) in [5.41, 5.74) is 2.17. The molecule has 0 fully saturated rings. The van der Waals surface area contributed by atoms with Gasteiger partial charge in [0.2, 0.25) is 6.79 Å². The Hall–Kier alpha value is -2.41. The second kappa shape index (κ2) is 6.24. The van der Waals surface area contributed by atoms with Crippen LogP contribution >= 0.6 is 0 Å². The van der Waals surface area contributed by atoms with Gasteiger partial charge in [0.15, 0.2) is 11.5 Å². The van der Waals surface area contributed by atoms with Gasteiger partial charge >= 0.3 is 0 Å².